The highest BCUT2D eigenvalue weighted by Gasteiger charge is 2.28. The van der Waals surface area contributed by atoms with Gasteiger partial charge in [-0.3, -0.25) is 9.79 Å². The molecule has 0 aromatic rings. The molecule has 17 heavy (non-hydrogen) atoms. The van der Waals surface area contributed by atoms with Gasteiger partial charge in [0.2, 0.25) is 5.91 Å². The maximum Gasteiger partial charge on any atom is 0.223 e. The fourth-order valence-electron chi connectivity index (χ4n) is 1.21. The van der Waals surface area contributed by atoms with E-state index in [0.29, 0.717) is 25.6 Å². The van der Waals surface area contributed by atoms with Gasteiger partial charge in [0, 0.05) is 26.1 Å². The van der Waals surface area contributed by atoms with Crippen LogP contribution in [0.25, 0.3) is 0 Å². The predicted molar refractivity (Wildman–Crippen MR) is 79.3 cm³/mol. The number of carbonyl (C=O) groups is 1. The Kier molecular flexibility index (Phi) is 8.58. The standard InChI is InChI=1S/C11H18N4O.HI/c1-3-6-14-11(12-2)15-8-7-13-10(16)9-4-5-9;/h1,9H,4-8H2,2H3,(H,13,16)(H2,12,14,15);1H. The lowest BCUT2D eigenvalue weighted by Crippen LogP contribution is -2.41. The normalized spacial score (nSPS) is 14.2. The van der Waals surface area contributed by atoms with Crippen LogP contribution in [0.1, 0.15) is 12.8 Å². The van der Waals surface area contributed by atoms with Gasteiger partial charge in [-0.15, -0.1) is 30.4 Å². The van der Waals surface area contributed by atoms with Crippen molar-refractivity contribution in [3.05, 3.63) is 0 Å². The van der Waals surface area contributed by atoms with E-state index < -0.39 is 0 Å². The molecule has 1 amide bonds. The van der Waals surface area contributed by atoms with Crippen LogP contribution >= 0.6 is 24.0 Å². The van der Waals surface area contributed by atoms with Crippen LogP contribution in [-0.2, 0) is 4.79 Å². The summed E-state index contributed by atoms with van der Waals surface area (Å²) >= 11 is 0. The van der Waals surface area contributed by atoms with Crippen molar-refractivity contribution in [1.29, 1.82) is 0 Å². The van der Waals surface area contributed by atoms with Crippen LogP contribution in [0.2, 0.25) is 0 Å². The zero-order valence-corrected chi connectivity index (χ0v) is 12.3. The monoisotopic (exact) mass is 350 g/mol. The Morgan fingerprint density at radius 2 is 2.00 bits per heavy atom. The molecule has 0 heterocycles. The van der Waals surface area contributed by atoms with Crippen molar-refractivity contribution in [3.8, 4) is 12.3 Å². The first kappa shape index (κ1) is 16.0. The maximum absolute atomic E-state index is 11.3. The van der Waals surface area contributed by atoms with Gasteiger partial charge in [-0.25, -0.2) is 0 Å². The molecule has 0 aromatic heterocycles. The van der Waals surface area contributed by atoms with Gasteiger partial charge in [-0.1, -0.05) is 5.92 Å². The molecule has 1 aliphatic rings. The van der Waals surface area contributed by atoms with E-state index in [4.69, 9.17) is 6.42 Å². The SMILES string of the molecule is C#CCNC(=NC)NCCNC(=O)C1CC1.I. The quantitative estimate of drug-likeness (QED) is 0.214. The minimum Gasteiger partial charge on any atom is -0.355 e. The summed E-state index contributed by atoms with van der Waals surface area (Å²) < 4.78 is 0. The first-order valence-corrected chi connectivity index (χ1v) is 5.43. The Balaban J connectivity index is 0.00000256. The second kappa shape index (κ2) is 9.10. The molecule has 6 heteroatoms. The summed E-state index contributed by atoms with van der Waals surface area (Å²) in [5.41, 5.74) is 0. The lowest BCUT2D eigenvalue weighted by atomic mass is 10.4. The van der Waals surface area contributed by atoms with Crippen LogP contribution in [-0.4, -0.2) is 38.5 Å². The maximum atomic E-state index is 11.3. The lowest BCUT2D eigenvalue weighted by Gasteiger charge is -2.10. The number of nitrogens with one attached hydrogen (secondary N) is 3. The summed E-state index contributed by atoms with van der Waals surface area (Å²) in [5.74, 6) is 3.54. The van der Waals surface area contributed by atoms with Crippen LogP contribution in [0, 0.1) is 18.3 Å². The highest BCUT2D eigenvalue weighted by molar-refractivity contribution is 14.0. The topological polar surface area (TPSA) is 65.5 Å². The molecule has 0 radical (unpaired) electrons. The van der Waals surface area contributed by atoms with Gasteiger partial charge in [0.25, 0.3) is 0 Å². The molecule has 0 aliphatic heterocycles. The predicted octanol–water partition coefficient (Wildman–Crippen LogP) is -0.0712. The number of halogens is 1. The second-order valence-electron chi connectivity index (χ2n) is 3.62. The van der Waals surface area contributed by atoms with E-state index in [1.807, 2.05) is 0 Å². The van der Waals surface area contributed by atoms with Crippen molar-refractivity contribution in [3.63, 3.8) is 0 Å². The van der Waals surface area contributed by atoms with Gasteiger partial charge in [-0.2, -0.15) is 0 Å². The number of guanidine groups is 1. The van der Waals surface area contributed by atoms with E-state index in [1.165, 1.54) is 0 Å². The summed E-state index contributed by atoms with van der Waals surface area (Å²) in [7, 11) is 1.68. The number of aliphatic imine (C=N–C) groups is 1. The minimum atomic E-state index is 0. The fraction of sp³-hybridized carbons (Fsp3) is 0.636. The van der Waals surface area contributed by atoms with Crippen LogP contribution in [0.3, 0.4) is 0 Å². The van der Waals surface area contributed by atoms with Gasteiger partial charge >= 0.3 is 0 Å². The van der Waals surface area contributed by atoms with Gasteiger partial charge in [0.05, 0.1) is 6.54 Å². The number of rotatable bonds is 5. The van der Waals surface area contributed by atoms with E-state index in [1.54, 1.807) is 7.05 Å². The summed E-state index contributed by atoms with van der Waals surface area (Å²) in [6.45, 7) is 1.68. The van der Waals surface area contributed by atoms with Crippen molar-refractivity contribution >= 4 is 35.8 Å². The van der Waals surface area contributed by atoms with E-state index in [0.717, 1.165) is 12.8 Å². The molecule has 3 N–H and O–H groups in total. The summed E-state index contributed by atoms with van der Waals surface area (Å²) in [5, 5.41) is 8.84. The fourth-order valence-corrected chi connectivity index (χ4v) is 1.21. The first-order chi connectivity index (χ1) is 7.77. The molecule has 0 atom stereocenters. The number of carbonyl (C=O) groups excluding carboxylic acids is 1. The third kappa shape index (κ3) is 7.05. The second-order valence-corrected chi connectivity index (χ2v) is 3.62. The number of hydrogen-bond donors (Lipinski definition) is 3. The Bertz CT molecular complexity index is 307. The van der Waals surface area contributed by atoms with E-state index in [9.17, 15) is 4.79 Å². The van der Waals surface area contributed by atoms with Crippen molar-refractivity contribution in [2.24, 2.45) is 10.9 Å². The summed E-state index contributed by atoms with van der Waals surface area (Å²) in [6.07, 6.45) is 7.18. The van der Waals surface area contributed by atoms with Crippen LogP contribution in [0.4, 0.5) is 0 Å². The Hall–Kier alpha value is -0.970. The summed E-state index contributed by atoms with van der Waals surface area (Å²) in [4.78, 5) is 15.3. The first-order valence-electron chi connectivity index (χ1n) is 5.43. The van der Waals surface area contributed by atoms with Gasteiger partial charge in [0.15, 0.2) is 5.96 Å². The highest BCUT2D eigenvalue weighted by Crippen LogP contribution is 2.28. The molecule has 96 valence electrons. The zero-order valence-electron chi connectivity index (χ0n) is 9.95. The van der Waals surface area contributed by atoms with Gasteiger partial charge < -0.3 is 16.0 Å². The van der Waals surface area contributed by atoms with E-state index in [2.05, 4.69) is 26.9 Å². The lowest BCUT2D eigenvalue weighted by molar-refractivity contribution is -0.122. The average Bonchev–Trinajstić information content (AvgIpc) is 3.11. The summed E-state index contributed by atoms with van der Waals surface area (Å²) in [6, 6.07) is 0. The Labute approximate surface area is 119 Å². The van der Waals surface area contributed by atoms with Crippen molar-refractivity contribution in [1.82, 2.24) is 16.0 Å². The molecule has 1 aliphatic carbocycles. The molecule has 0 spiro atoms. The molecule has 0 aromatic carbocycles. The molecule has 0 bridgehead atoms. The van der Waals surface area contributed by atoms with Crippen molar-refractivity contribution in [2.45, 2.75) is 12.8 Å². The van der Waals surface area contributed by atoms with Crippen molar-refractivity contribution in [2.75, 3.05) is 26.7 Å². The number of amides is 1. The molecular formula is C11H19IN4O. The molecule has 1 fully saturated rings. The van der Waals surface area contributed by atoms with Crippen molar-refractivity contribution < 1.29 is 4.79 Å². The molecule has 0 saturated heterocycles. The Morgan fingerprint density at radius 1 is 1.35 bits per heavy atom. The highest BCUT2D eigenvalue weighted by atomic mass is 127. The average molecular weight is 350 g/mol. The molecule has 1 saturated carbocycles. The molecular weight excluding hydrogens is 331 g/mol. The number of hydrogen-bond acceptors (Lipinski definition) is 2. The molecule has 1 rings (SSSR count). The number of terminal acetylenes is 1. The smallest absolute Gasteiger partial charge is 0.223 e. The number of nitrogens with zero attached hydrogens (tertiary/aromatic N) is 1. The third-order valence-corrected chi connectivity index (χ3v) is 2.25. The van der Waals surface area contributed by atoms with Gasteiger partial charge in [0.1, 0.15) is 0 Å². The molecule has 0 unspecified atom stereocenters. The van der Waals surface area contributed by atoms with Crippen LogP contribution < -0.4 is 16.0 Å². The zero-order chi connectivity index (χ0) is 11.8. The molecule has 5 nitrogen and oxygen atoms in total. The van der Waals surface area contributed by atoms with Crippen LogP contribution in [0.15, 0.2) is 4.99 Å². The Morgan fingerprint density at radius 3 is 2.53 bits per heavy atom. The largest absolute Gasteiger partial charge is 0.355 e. The third-order valence-electron chi connectivity index (χ3n) is 2.25. The van der Waals surface area contributed by atoms with Crippen LogP contribution in [0.5, 0.6) is 0 Å². The van der Waals surface area contributed by atoms with E-state index >= 15 is 0 Å². The minimum absolute atomic E-state index is 0. The van der Waals surface area contributed by atoms with Gasteiger partial charge in [-0.05, 0) is 12.8 Å². The van der Waals surface area contributed by atoms with E-state index in [-0.39, 0.29) is 35.8 Å².